The minimum atomic E-state index is -4.53. The number of fused-ring (bicyclic) bond motifs is 1. The van der Waals surface area contributed by atoms with Crippen molar-refractivity contribution in [2.24, 2.45) is 0 Å². The molecule has 0 amide bonds. The van der Waals surface area contributed by atoms with Crippen LogP contribution < -0.4 is 11.2 Å². The number of hydrogen-bond donors (Lipinski definition) is 7. The van der Waals surface area contributed by atoms with E-state index in [1.807, 2.05) is 4.98 Å². The lowest BCUT2D eigenvalue weighted by Crippen LogP contribution is -2.34. The van der Waals surface area contributed by atoms with Crippen LogP contribution >= 0.6 is 8.17 Å². The Hall–Kier alpha value is -1.70. The number of nitrogens with zero attached hydrogens (tertiary/aromatic N) is 2. The zero-order chi connectivity index (χ0) is 17.6. The third-order valence-corrected chi connectivity index (χ3v) is 3.99. The summed E-state index contributed by atoms with van der Waals surface area (Å²) in [6.45, 7) is -0.615. The summed E-state index contributed by atoms with van der Waals surface area (Å²) in [5.41, 5.74) is -1.67. The van der Waals surface area contributed by atoms with Crippen molar-refractivity contribution >= 4 is 19.3 Å². The highest BCUT2D eigenvalue weighted by atomic mass is 31.2. The van der Waals surface area contributed by atoms with Crippen molar-refractivity contribution in [3.05, 3.63) is 27.2 Å². The minimum Gasteiger partial charge on any atom is -0.387 e. The van der Waals surface area contributed by atoms with Gasteiger partial charge in [-0.1, -0.05) is 0 Å². The lowest BCUT2D eigenvalue weighted by Gasteiger charge is -2.16. The highest BCUT2D eigenvalue weighted by Crippen LogP contribution is 2.46. The molecule has 1 saturated heterocycles. The van der Waals surface area contributed by atoms with E-state index in [0.29, 0.717) is 0 Å². The van der Waals surface area contributed by atoms with Gasteiger partial charge in [0, 0.05) is 0 Å². The fourth-order valence-electron chi connectivity index (χ4n) is 2.42. The van der Waals surface area contributed by atoms with Gasteiger partial charge in [0.15, 0.2) is 11.7 Å². The molecule has 3 rings (SSSR count). The molecule has 13 nitrogen and oxygen atoms in total. The van der Waals surface area contributed by atoms with Gasteiger partial charge in [0.2, 0.25) is 0 Å². The topological polar surface area (TPSA) is 203 Å². The number of aliphatic hydroxyl groups is 2. The van der Waals surface area contributed by atoms with Gasteiger partial charge in [-0.25, -0.2) is 9.78 Å². The van der Waals surface area contributed by atoms with Gasteiger partial charge in [-0.2, -0.15) is 19.2 Å². The fraction of sp³-hybridized carbons (Fsp3) is 0.500. The summed E-state index contributed by atoms with van der Waals surface area (Å²) in [5, 5.41) is 20.0. The van der Waals surface area contributed by atoms with Crippen molar-refractivity contribution in [1.82, 2.24) is 19.5 Å². The smallest absolute Gasteiger partial charge is 0.387 e. The molecule has 0 unspecified atom stereocenters. The zero-order valence-electron chi connectivity index (χ0n) is 11.8. The maximum absolute atomic E-state index is 11.6. The van der Waals surface area contributed by atoms with Gasteiger partial charge in [-0.05, 0) is 0 Å². The van der Waals surface area contributed by atoms with Gasteiger partial charge in [-0.15, -0.1) is 0 Å². The van der Waals surface area contributed by atoms with Gasteiger partial charge in [0.05, 0.1) is 6.33 Å². The van der Waals surface area contributed by atoms with E-state index in [2.05, 4.69) is 14.5 Å². The Labute approximate surface area is 132 Å². The number of ether oxygens (including phenoxy) is 1. The normalized spacial score (nSPS) is 27.9. The molecule has 1 aliphatic heterocycles. The number of H-pyrrole nitrogens is 2. The van der Waals surface area contributed by atoms with Crippen LogP contribution in [0.5, 0.6) is 0 Å². The number of rotatable bonds is 4. The van der Waals surface area contributed by atoms with Crippen LogP contribution in [0.25, 0.3) is 11.2 Å². The second-order valence-electron chi connectivity index (χ2n) is 5.11. The molecule has 0 radical (unpaired) electrons. The second kappa shape index (κ2) is 5.98. The first kappa shape index (κ1) is 17.1. The summed E-state index contributed by atoms with van der Waals surface area (Å²) >= 11 is 0. The van der Waals surface area contributed by atoms with E-state index in [9.17, 15) is 19.8 Å². The molecule has 0 bridgehead atoms. The first-order chi connectivity index (χ1) is 11.2. The molecule has 24 heavy (non-hydrogen) atoms. The van der Waals surface area contributed by atoms with Crippen molar-refractivity contribution in [3.8, 4) is 0 Å². The molecule has 14 heteroatoms. The van der Waals surface area contributed by atoms with Gasteiger partial charge in [-0.3, -0.25) is 19.3 Å². The maximum Gasteiger partial charge on any atom is 0.567 e. The predicted molar refractivity (Wildman–Crippen MR) is 76.4 cm³/mol. The summed E-state index contributed by atoms with van der Waals surface area (Å²) in [6.07, 6.45) is -4.31. The third-order valence-electron chi connectivity index (χ3n) is 3.49. The quantitative estimate of drug-likeness (QED) is 0.269. The van der Waals surface area contributed by atoms with E-state index < -0.39 is 50.6 Å². The molecule has 1 fully saturated rings. The molecule has 0 aromatic carbocycles. The van der Waals surface area contributed by atoms with Crippen LogP contribution in [0.2, 0.25) is 0 Å². The first-order valence-corrected chi connectivity index (χ1v) is 8.16. The molecule has 4 atom stereocenters. The molecular formula is C10H14N4O9P+. The van der Waals surface area contributed by atoms with E-state index in [1.165, 1.54) is 0 Å². The molecule has 2 aromatic heterocycles. The van der Waals surface area contributed by atoms with Crippen LogP contribution in [0.4, 0.5) is 0 Å². The van der Waals surface area contributed by atoms with Crippen molar-refractivity contribution in [3.63, 3.8) is 0 Å². The third kappa shape index (κ3) is 3.11. The van der Waals surface area contributed by atoms with E-state index in [4.69, 9.17) is 19.4 Å². The standard InChI is InChI=1S/C10H13N4O9P/c15-5-3(1-22-24(19,20)21)23-9(6(5)16)14-2-11-4-7(14)12-10(18)13-8(4)17/h2-3,5-6,9,15-16,19-21H,1H2,(H-,12,13,17,18)/p+1/t3-,5-,6-,9-/m1/s1. The molecule has 132 valence electrons. The first-order valence-electron chi connectivity index (χ1n) is 6.60. The summed E-state index contributed by atoms with van der Waals surface area (Å²) in [6, 6.07) is 0. The predicted octanol–water partition coefficient (Wildman–Crippen LogP) is -3.30. The molecule has 0 spiro atoms. The highest BCUT2D eigenvalue weighted by molar-refractivity contribution is 7.53. The average molecular weight is 365 g/mol. The molecule has 0 saturated carbocycles. The molecule has 7 N–H and O–H groups in total. The SMILES string of the molecule is O=c1[nH]c(=O)c2ncn([C@@H]3O[C@H](CO[P+](O)(O)O)[C@@H](O)[C@H]3O)c2[nH]1. The minimum absolute atomic E-state index is 0.0325. The summed E-state index contributed by atoms with van der Waals surface area (Å²) < 4.78 is 10.9. The largest absolute Gasteiger partial charge is 0.567 e. The van der Waals surface area contributed by atoms with Crippen LogP contribution in [-0.4, -0.2) is 69.3 Å². The summed E-state index contributed by atoms with van der Waals surface area (Å²) in [5.74, 6) is 0. The average Bonchev–Trinajstić information content (AvgIpc) is 3.00. The van der Waals surface area contributed by atoms with Gasteiger partial charge in [0.25, 0.3) is 5.56 Å². The number of aromatic nitrogens is 4. The molecular weight excluding hydrogens is 351 g/mol. The lowest BCUT2D eigenvalue weighted by molar-refractivity contribution is -0.0523. The molecule has 2 aromatic rings. The second-order valence-corrected chi connectivity index (χ2v) is 6.40. The Balaban J connectivity index is 1.90. The monoisotopic (exact) mass is 365 g/mol. The van der Waals surface area contributed by atoms with E-state index in [-0.39, 0.29) is 11.2 Å². The Kier molecular flexibility index (Phi) is 4.27. The van der Waals surface area contributed by atoms with Gasteiger partial charge < -0.3 is 14.9 Å². The number of aliphatic hydroxyl groups excluding tert-OH is 2. The molecule has 0 aliphatic carbocycles. The van der Waals surface area contributed by atoms with Crippen LogP contribution in [0, 0.1) is 0 Å². The highest BCUT2D eigenvalue weighted by Gasteiger charge is 2.47. The zero-order valence-corrected chi connectivity index (χ0v) is 12.7. The Morgan fingerprint density at radius 2 is 1.96 bits per heavy atom. The Morgan fingerprint density at radius 1 is 1.25 bits per heavy atom. The van der Waals surface area contributed by atoms with Gasteiger partial charge >= 0.3 is 13.9 Å². The van der Waals surface area contributed by atoms with Crippen molar-refractivity contribution < 1.29 is 34.2 Å². The van der Waals surface area contributed by atoms with Crippen molar-refractivity contribution in [1.29, 1.82) is 0 Å². The van der Waals surface area contributed by atoms with Crippen LogP contribution in [-0.2, 0) is 9.26 Å². The molecule has 3 heterocycles. The maximum atomic E-state index is 11.6. The summed E-state index contributed by atoms with van der Waals surface area (Å²) in [4.78, 5) is 57.5. The lowest BCUT2D eigenvalue weighted by atomic mass is 10.1. The van der Waals surface area contributed by atoms with Crippen molar-refractivity contribution in [2.45, 2.75) is 24.5 Å². The number of aromatic amines is 2. The van der Waals surface area contributed by atoms with E-state index in [1.54, 1.807) is 0 Å². The van der Waals surface area contributed by atoms with E-state index >= 15 is 0 Å². The van der Waals surface area contributed by atoms with E-state index in [0.717, 1.165) is 10.9 Å². The van der Waals surface area contributed by atoms with Crippen LogP contribution in [0.15, 0.2) is 15.9 Å². The number of hydrogen-bond acceptors (Lipinski definition) is 10. The Morgan fingerprint density at radius 3 is 2.62 bits per heavy atom. The van der Waals surface area contributed by atoms with Crippen LogP contribution in [0.3, 0.4) is 0 Å². The Bertz CT molecular complexity index is 854. The number of nitrogens with one attached hydrogen (secondary N) is 2. The number of imidazole rings is 1. The van der Waals surface area contributed by atoms with Gasteiger partial charge in [0.1, 0.15) is 30.6 Å². The van der Waals surface area contributed by atoms with Crippen LogP contribution in [0.1, 0.15) is 6.23 Å². The van der Waals surface area contributed by atoms with Crippen molar-refractivity contribution in [2.75, 3.05) is 6.61 Å². The summed E-state index contributed by atoms with van der Waals surface area (Å²) in [7, 11) is -4.53. The fourth-order valence-corrected chi connectivity index (χ4v) is 2.76. The molecule has 1 aliphatic rings.